The van der Waals surface area contributed by atoms with E-state index >= 15 is 0 Å². The molecule has 0 atom stereocenters. The minimum atomic E-state index is -1.09. The quantitative estimate of drug-likeness (QED) is 0.365. The van der Waals surface area contributed by atoms with Crippen molar-refractivity contribution in [3.05, 3.63) is 39.9 Å². The van der Waals surface area contributed by atoms with Crippen molar-refractivity contribution in [2.75, 3.05) is 0 Å². The fourth-order valence-electron chi connectivity index (χ4n) is 1.14. The molecule has 1 aromatic rings. The van der Waals surface area contributed by atoms with Gasteiger partial charge in [0.15, 0.2) is 11.4 Å². The molecule has 3 N–H and O–H groups in total. The number of rotatable bonds is 2. The second-order valence-corrected chi connectivity index (χ2v) is 3.22. The summed E-state index contributed by atoms with van der Waals surface area (Å²) in [5.41, 5.74) is 1.08. The van der Waals surface area contributed by atoms with Crippen LogP contribution in [0, 0.1) is 34.3 Å². The summed E-state index contributed by atoms with van der Waals surface area (Å²) in [7, 11) is 0. The van der Waals surface area contributed by atoms with Crippen molar-refractivity contribution in [3.63, 3.8) is 0 Å². The smallest absolute Gasteiger partial charge is 0.154 e. The predicted octanol–water partition coefficient (Wildman–Crippen LogP) is 1.84. The number of hydrazine groups is 1. The summed E-state index contributed by atoms with van der Waals surface area (Å²) in [6.45, 7) is 0. The summed E-state index contributed by atoms with van der Waals surface area (Å²) in [4.78, 5) is 0. The van der Waals surface area contributed by atoms with Crippen LogP contribution in [0.5, 0.6) is 0 Å². The lowest BCUT2D eigenvalue weighted by atomic mass is 10.1. The minimum Gasteiger partial charge on any atom is -0.322 e. The first kappa shape index (κ1) is 12.9. The highest BCUT2D eigenvalue weighted by atomic mass is 35.5. The van der Waals surface area contributed by atoms with Crippen LogP contribution in [-0.4, -0.2) is 0 Å². The van der Waals surface area contributed by atoms with Crippen LogP contribution in [0.25, 0.3) is 5.70 Å². The molecule has 0 saturated heterocycles. The predicted molar refractivity (Wildman–Crippen MR) is 56.8 cm³/mol. The van der Waals surface area contributed by atoms with E-state index in [0.29, 0.717) is 0 Å². The van der Waals surface area contributed by atoms with Gasteiger partial charge in [0.1, 0.15) is 23.0 Å². The highest BCUT2D eigenvalue weighted by Crippen LogP contribution is 2.26. The molecule has 4 nitrogen and oxygen atoms in total. The third-order valence-electron chi connectivity index (χ3n) is 1.92. The number of allylic oxidation sites excluding steroid dienone is 1. The van der Waals surface area contributed by atoms with Crippen LogP contribution < -0.4 is 11.3 Å². The lowest BCUT2D eigenvalue weighted by Crippen LogP contribution is -2.22. The van der Waals surface area contributed by atoms with Crippen molar-refractivity contribution in [2.45, 2.75) is 0 Å². The zero-order chi connectivity index (χ0) is 13.0. The zero-order valence-electron chi connectivity index (χ0n) is 8.26. The first-order valence-electron chi connectivity index (χ1n) is 4.21. The Morgan fingerprint density at radius 1 is 1.29 bits per heavy atom. The molecule has 0 aliphatic carbocycles. The number of benzene rings is 1. The Labute approximate surface area is 100 Å². The Hall–Kier alpha value is -2.15. The van der Waals surface area contributed by atoms with Gasteiger partial charge in [0.25, 0.3) is 0 Å². The van der Waals surface area contributed by atoms with Crippen molar-refractivity contribution in [1.29, 1.82) is 10.5 Å². The molecule has 0 aliphatic rings. The fourth-order valence-corrected chi connectivity index (χ4v) is 1.31. The van der Waals surface area contributed by atoms with Gasteiger partial charge in [-0.1, -0.05) is 11.6 Å². The molecule has 86 valence electrons. The Morgan fingerprint density at radius 3 is 2.35 bits per heavy atom. The molecule has 0 fully saturated rings. The van der Waals surface area contributed by atoms with E-state index in [0.717, 1.165) is 12.1 Å². The number of nitriles is 2. The summed E-state index contributed by atoms with van der Waals surface area (Å²) in [5.74, 6) is 3.06. The Bertz CT molecular complexity index is 553. The molecule has 1 rings (SSSR count). The number of hydrogen-bond acceptors (Lipinski definition) is 4. The van der Waals surface area contributed by atoms with Gasteiger partial charge in [0.05, 0.1) is 5.70 Å². The van der Waals surface area contributed by atoms with Crippen LogP contribution in [0.3, 0.4) is 0 Å². The summed E-state index contributed by atoms with van der Waals surface area (Å²) in [6.07, 6.45) is 0. The maximum atomic E-state index is 13.6. The first-order valence-corrected chi connectivity index (χ1v) is 4.59. The van der Waals surface area contributed by atoms with Gasteiger partial charge in [-0.2, -0.15) is 10.5 Å². The van der Waals surface area contributed by atoms with Gasteiger partial charge in [-0.3, -0.25) is 5.84 Å². The van der Waals surface area contributed by atoms with Crippen LogP contribution in [0.2, 0.25) is 5.02 Å². The van der Waals surface area contributed by atoms with Crippen LogP contribution in [-0.2, 0) is 0 Å². The monoisotopic (exact) mass is 254 g/mol. The van der Waals surface area contributed by atoms with Crippen molar-refractivity contribution in [2.24, 2.45) is 5.84 Å². The molecule has 0 saturated carbocycles. The number of nitrogens with two attached hydrogens (primary N) is 1. The van der Waals surface area contributed by atoms with E-state index in [-0.39, 0.29) is 11.3 Å². The van der Waals surface area contributed by atoms with E-state index < -0.39 is 22.2 Å². The van der Waals surface area contributed by atoms with Gasteiger partial charge in [-0.05, 0) is 12.1 Å². The molecule has 0 bridgehead atoms. The van der Waals surface area contributed by atoms with Gasteiger partial charge in [-0.15, -0.1) is 0 Å². The number of nitrogens with one attached hydrogen (secondary N) is 1. The lowest BCUT2D eigenvalue weighted by molar-refractivity contribution is 0.580. The molecular weight excluding hydrogens is 250 g/mol. The van der Waals surface area contributed by atoms with E-state index in [1.54, 1.807) is 0 Å². The average molecular weight is 255 g/mol. The number of halogens is 3. The van der Waals surface area contributed by atoms with E-state index in [1.165, 1.54) is 12.1 Å². The molecule has 0 unspecified atom stereocenters. The zero-order valence-corrected chi connectivity index (χ0v) is 9.02. The minimum absolute atomic E-state index is 0.253. The molecule has 0 spiro atoms. The topological polar surface area (TPSA) is 85.6 Å². The third kappa shape index (κ3) is 2.34. The van der Waals surface area contributed by atoms with Gasteiger partial charge < -0.3 is 5.43 Å². The molecule has 0 radical (unpaired) electrons. The van der Waals surface area contributed by atoms with E-state index in [4.69, 9.17) is 28.0 Å². The van der Waals surface area contributed by atoms with Gasteiger partial charge >= 0.3 is 0 Å². The standard InChI is InChI=1S/C10H5ClF2N4/c11-8-7(12)2-1-6(9(8)13)10(17-16)5(3-14)4-15/h1-2,17H,16H2. The van der Waals surface area contributed by atoms with Crippen molar-refractivity contribution in [1.82, 2.24) is 5.43 Å². The average Bonchev–Trinajstić information content (AvgIpc) is 2.34. The van der Waals surface area contributed by atoms with Crippen LogP contribution >= 0.6 is 11.6 Å². The Morgan fingerprint density at radius 2 is 1.88 bits per heavy atom. The molecule has 0 aromatic heterocycles. The first-order chi connectivity index (χ1) is 8.06. The highest BCUT2D eigenvalue weighted by Gasteiger charge is 2.17. The second kappa shape index (κ2) is 5.26. The maximum Gasteiger partial charge on any atom is 0.154 e. The van der Waals surface area contributed by atoms with Crippen LogP contribution in [0.15, 0.2) is 17.7 Å². The Kier molecular flexibility index (Phi) is 4.00. The summed E-state index contributed by atoms with van der Waals surface area (Å²) in [6, 6.07) is 5.01. The molecular formula is C10H5ClF2N4. The molecule has 0 heterocycles. The summed E-state index contributed by atoms with van der Waals surface area (Å²) < 4.78 is 26.5. The van der Waals surface area contributed by atoms with E-state index in [1.807, 2.05) is 5.43 Å². The van der Waals surface area contributed by atoms with E-state index in [9.17, 15) is 8.78 Å². The largest absolute Gasteiger partial charge is 0.322 e. The van der Waals surface area contributed by atoms with Gasteiger partial charge in [0, 0.05) is 5.56 Å². The normalized spacial score (nSPS) is 9.06. The number of nitrogens with zero attached hydrogens (tertiary/aromatic N) is 2. The van der Waals surface area contributed by atoms with Gasteiger partial charge in [-0.25, -0.2) is 8.78 Å². The maximum absolute atomic E-state index is 13.6. The number of hydrogen-bond donors (Lipinski definition) is 2. The second-order valence-electron chi connectivity index (χ2n) is 2.84. The van der Waals surface area contributed by atoms with Crippen molar-refractivity contribution < 1.29 is 8.78 Å². The van der Waals surface area contributed by atoms with Crippen molar-refractivity contribution in [3.8, 4) is 12.1 Å². The molecule has 1 aromatic carbocycles. The Balaban J connectivity index is 3.55. The van der Waals surface area contributed by atoms with Crippen LogP contribution in [0.4, 0.5) is 8.78 Å². The fraction of sp³-hybridized carbons (Fsp3) is 0. The lowest BCUT2D eigenvalue weighted by Gasteiger charge is -2.09. The highest BCUT2D eigenvalue weighted by molar-refractivity contribution is 6.31. The van der Waals surface area contributed by atoms with Crippen LogP contribution in [0.1, 0.15) is 5.56 Å². The molecule has 0 amide bonds. The molecule has 17 heavy (non-hydrogen) atoms. The molecule has 0 aliphatic heterocycles. The summed E-state index contributed by atoms with van der Waals surface area (Å²) in [5, 5.41) is 16.6. The summed E-state index contributed by atoms with van der Waals surface area (Å²) >= 11 is 5.37. The SMILES string of the molecule is N#CC(C#N)=C(NN)c1ccc(F)c(Cl)c1F. The molecule has 7 heteroatoms. The van der Waals surface area contributed by atoms with E-state index in [2.05, 4.69) is 0 Å². The van der Waals surface area contributed by atoms with Crippen molar-refractivity contribution >= 4 is 17.3 Å². The third-order valence-corrected chi connectivity index (χ3v) is 2.27. The van der Waals surface area contributed by atoms with Gasteiger partial charge in [0.2, 0.25) is 0 Å².